The van der Waals surface area contributed by atoms with E-state index in [1.54, 1.807) is 9.80 Å². The van der Waals surface area contributed by atoms with Crippen LogP contribution < -0.4 is 0 Å². The van der Waals surface area contributed by atoms with Crippen LogP contribution in [-0.4, -0.2) is 57.9 Å². The number of aliphatic imine (C=N–C) groups is 2. The molecule has 0 radical (unpaired) electrons. The maximum Gasteiger partial charge on any atom is 0.415 e. The van der Waals surface area contributed by atoms with Gasteiger partial charge in [0.1, 0.15) is 22.9 Å². The van der Waals surface area contributed by atoms with Gasteiger partial charge in [0.05, 0.1) is 11.4 Å². The molecule has 8 nitrogen and oxygen atoms in total. The number of amides is 2. The molecule has 39 heavy (non-hydrogen) atoms. The SMILES string of the molecule is CC(C)(C)OC(=O)N1CCCC1=Nc1ccc2c(c1)Cc1cc(N=C3CCCN3C(=O)OC(C)(C)C)ccc1-2. The van der Waals surface area contributed by atoms with E-state index in [4.69, 9.17) is 19.5 Å². The van der Waals surface area contributed by atoms with Crippen molar-refractivity contribution >= 4 is 35.2 Å². The van der Waals surface area contributed by atoms with Gasteiger partial charge in [-0.25, -0.2) is 19.6 Å². The number of carbonyl (C=O) groups excluding carboxylic acids is 2. The Balaban J connectivity index is 1.33. The predicted octanol–water partition coefficient (Wildman–Crippen LogP) is 7.38. The van der Waals surface area contributed by atoms with Crippen molar-refractivity contribution in [2.75, 3.05) is 13.1 Å². The number of ether oxygens (including phenoxy) is 2. The third-order valence-corrected chi connectivity index (χ3v) is 6.78. The molecular weight excluding hydrogens is 492 g/mol. The largest absolute Gasteiger partial charge is 0.443 e. The number of amidine groups is 2. The molecule has 2 aliphatic heterocycles. The van der Waals surface area contributed by atoms with Gasteiger partial charge in [0, 0.05) is 25.9 Å². The molecule has 0 N–H and O–H groups in total. The van der Waals surface area contributed by atoms with Crippen LogP contribution in [0.5, 0.6) is 0 Å². The van der Waals surface area contributed by atoms with Gasteiger partial charge in [0.15, 0.2) is 0 Å². The Morgan fingerprint density at radius 2 is 1.10 bits per heavy atom. The fourth-order valence-corrected chi connectivity index (χ4v) is 5.20. The number of likely N-dealkylation sites (tertiary alicyclic amines) is 2. The summed E-state index contributed by atoms with van der Waals surface area (Å²) in [6.45, 7) is 12.5. The zero-order chi connectivity index (χ0) is 27.9. The highest BCUT2D eigenvalue weighted by Crippen LogP contribution is 2.40. The predicted molar refractivity (Wildman–Crippen MR) is 153 cm³/mol. The lowest BCUT2D eigenvalue weighted by molar-refractivity contribution is 0.0372. The summed E-state index contributed by atoms with van der Waals surface area (Å²) in [7, 11) is 0. The number of fused-ring (bicyclic) bond motifs is 3. The Morgan fingerprint density at radius 3 is 1.49 bits per heavy atom. The molecular formula is C31H38N4O4. The first kappa shape index (κ1) is 26.9. The molecule has 2 fully saturated rings. The number of carbonyl (C=O) groups is 2. The average molecular weight is 531 g/mol. The lowest BCUT2D eigenvalue weighted by Gasteiger charge is -2.24. The normalized spacial score (nSPS) is 19.0. The van der Waals surface area contributed by atoms with Crippen molar-refractivity contribution in [3.63, 3.8) is 0 Å². The lowest BCUT2D eigenvalue weighted by Crippen LogP contribution is -2.37. The fourth-order valence-electron chi connectivity index (χ4n) is 5.20. The van der Waals surface area contributed by atoms with Crippen molar-refractivity contribution in [1.29, 1.82) is 0 Å². The molecule has 8 heteroatoms. The van der Waals surface area contributed by atoms with Gasteiger partial charge < -0.3 is 9.47 Å². The van der Waals surface area contributed by atoms with Crippen molar-refractivity contribution in [2.24, 2.45) is 9.98 Å². The highest BCUT2D eigenvalue weighted by Gasteiger charge is 2.31. The maximum atomic E-state index is 12.7. The molecule has 2 aromatic rings. The molecule has 0 spiro atoms. The van der Waals surface area contributed by atoms with E-state index in [1.165, 1.54) is 22.3 Å². The van der Waals surface area contributed by atoms with Gasteiger partial charge >= 0.3 is 12.2 Å². The van der Waals surface area contributed by atoms with Gasteiger partial charge in [-0.05, 0) is 107 Å². The monoisotopic (exact) mass is 530 g/mol. The molecule has 0 atom stereocenters. The zero-order valence-electron chi connectivity index (χ0n) is 23.8. The average Bonchev–Trinajstić information content (AvgIpc) is 3.54. The van der Waals surface area contributed by atoms with Gasteiger partial charge in [0.2, 0.25) is 0 Å². The highest BCUT2D eigenvalue weighted by molar-refractivity contribution is 5.99. The number of hydrogen-bond acceptors (Lipinski definition) is 6. The van der Waals surface area contributed by atoms with E-state index >= 15 is 0 Å². The van der Waals surface area contributed by atoms with Crippen molar-refractivity contribution in [3.05, 3.63) is 47.5 Å². The smallest absolute Gasteiger partial charge is 0.415 e. The Labute approximate surface area is 230 Å². The van der Waals surface area contributed by atoms with E-state index in [0.717, 1.165) is 55.2 Å². The lowest BCUT2D eigenvalue weighted by atomic mass is 10.1. The molecule has 3 aliphatic rings. The molecule has 0 saturated carbocycles. The fraction of sp³-hybridized carbons (Fsp3) is 0.484. The van der Waals surface area contributed by atoms with Crippen molar-refractivity contribution in [1.82, 2.24) is 9.80 Å². The number of nitrogens with zero attached hydrogens (tertiary/aromatic N) is 4. The van der Waals surface area contributed by atoms with Crippen LogP contribution in [0.25, 0.3) is 11.1 Å². The van der Waals surface area contributed by atoms with Crippen LogP contribution in [0, 0.1) is 0 Å². The highest BCUT2D eigenvalue weighted by atomic mass is 16.6. The van der Waals surface area contributed by atoms with Gasteiger partial charge in [-0.15, -0.1) is 0 Å². The molecule has 206 valence electrons. The minimum atomic E-state index is -0.542. The summed E-state index contributed by atoms with van der Waals surface area (Å²) >= 11 is 0. The molecule has 5 rings (SSSR count). The first-order valence-electron chi connectivity index (χ1n) is 13.8. The molecule has 0 unspecified atom stereocenters. The number of rotatable bonds is 2. The van der Waals surface area contributed by atoms with E-state index in [9.17, 15) is 9.59 Å². The van der Waals surface area contributed by atoms with Crippen LogP contribution in [0.15, 0.2) is 46.4 Å². The van der Waals surface area contributed by atoms with Crippen LogP contribution in [0.4, 0.5) is 21.0 Å². The molecule has 2 amide bonds. The molecule has 1 aliphatic carbocycles. The topological polar surface area (TPSA) is 83.8 Å². The van der Waals surface area contributed by atoms with Crippen LogP contribution in [0.3, 0.4) is 0 Å². The third-order valence-electron chi connectivity index (χ3n) is 6.78. The second kappa shape index (κ2) is 10.1. The summed E-state index contributed by atoms with van der Waals surface area (Å²) in [6.07, 6.45) is 3.37. The molecule has 2 saturated heterocycles. The Morgan fingerprint density at radius 1 is 0.692 bits per heavy atom. The summed E-state index contributed by atoms with van der Waals surface area (Å²) in [4.78, 5) is 38.3. The second-order valence-electron chi connectivity index (χ2n) is 12.4. The summed E-state index contributed by atoms with van der Waals surface area (Å²) in [5.74, 6) is 1.51. The summed E-state index contributed by atoms with van der Waals surface area (Å²) < 4.78 is 11.1. The van der Waals surface area contributed by atoms with Crippen LogP contribution >= 0.6 is 0 Å². The van der Waals surface area contributed by atoms with E-state index in [-0.39, 0.29) is 12.2 Å². The van der Waals surface area contributed by atoms with Gasteiger partial charge in [-0.1, -0.05) is 12.1 Å². The first-order valence-corrected chi connectivity index (χ1v) is 13.8. The van der Waals surface area contributed by atoms with E-state index in [1.807, 2.05) is 53.7 Å². The third kappa shape index (κ3) is 6.15. The van der Waals surface area contributed by atoms with Crippen molar-refractivity contribution in [2.45, 2.75) is 84.8 Å². The first-order chi connectivity index (χ1) is 18.4. The zero-order valence-corrected chi connectivity index (χ0v) is 23.8. The molecule has 0 bridgehead atoms. The van der Waals surface area contributed by atoms with E-state index in [0.29, 0.717) is 13.1 Å². The summed E-state index contributed by atoms with van der Waals surface area (Å²) in [5, 5.41) is 0. The van der Waals surface area contributed by atoms with Crippen LogP contribution in [0.2, 0.25) is 0 Å². The second-order valence-corrected chi connectivity index (χ2v) is 12.4. The molecule has 0 aromatic heterocycles. The Hall–Kier alpha value is -3.68. The number of benzene rings is 2. The molecule has 2 aromatic carbocycles. The van der Waals surface area contributed by atoms with Crippen LogP contribution in [-0.2, 0) is 15.9 Å². The quantitative estimate of drug-likeness (QED) is 0.346. The Kier molecular flexibility index (Phi) is 6.99. The van der Waals surface area contributed by atoms with E-state index in [2.05, 4.69) is 24.3 Å². The van der Waals surface area contributed by atoms with Gasteiger partial charge in [-0.2, -0.15) is 0 Å². The summed E-state index contributed by atoms with van der Waals surface area (Å²) in [6, 6.07) is 12.5. The summed E-state index contributed by atoms with van der Waals surface area (Å²) in [5.41, 5.74) is 5.39. The molecule has 2 heterocycles. The van der Waals surface area contributed by atoms with Gasteiger partial charge in [-0.3, -0.25) is 9.80 Å². The van der Waals surface area contributed by atoms with Gasteiger partial charge in [0.25, 0.3) is 0 Å². The van der Waals surface area contributed by atoms with Crippen molar-refractivity contribution in [3.8, 4) is 11.1 Å². The number of hydrogen-bond donors (Lipinski definition) is 0. The maximum absolute atomic E-state index is 12.7. The minimum Gasteiger partial charge on any atom is -0.443 e. The Bertz CT molecular complexity index is 1260. The van der Waals surface area contributed by atoms with E-state index < -0.39 is 11.2 Å². The standard InChI is InChI=1S/C31H38N4O4/c1-30(2,3)38-28(36)34-15-7-9-26(34)32-22-11-13-24-20(18-22)17-21-19-23(12-14-25(21)24)33-27-10-8-16-35(27)29(37)39-31(4,5)6/h11-14,18-19H,7-10,15-17H2,1-6H3. The minimum absolute atomic E-state index is 0.339. The van der Waals surface area contributed by atoms with Crippen molar-refractivity contribution < 1.29 is 19.1 Å². The van der Waals surface area contributed by atoms with Crippen LogP contribution in [0.1, 0.15) is 78.4 Å².